The Morgan fingerprint density at radius 3 is 2.15 bits per heavy atom. The minimum atomic E-state index is -0.715. The van der Waals surface area contributed by atoms with Crippen LogP contribution in [0.4, 0.5) is 4.79 Å². The first-order valence-electron chi connectivity index (χ1n) is 11.3. The summed E-state index contributed by atoms with van der Waals surface area (Å²) in [5.41, 5.74) is 0.482. The maximum atomic E-state index is 12.4. The highest BCUT2D eigenvalue weighted by Crippen LogP contribution is 2.24. The molecule has 9 nitrogen and oxygen atoms in total. The summed E-state index contributed by atoms with van der Waals surface area (Å²) in [5, 5.41) is 0. The Labute approximate surface area is 196 Å². The van der Waals surface area contributed by atoms with E-state index in [1.165, 1.54) is 12.0 Å². The number of hydrogen-bond acceptors (Lipinski definition) is 8. The van der Waals surface area contributed by atoms with Crippen molar-refractivity contribution in [2.45, 2.75) is 51.5 Å². The van der Waals surface area contributed by atoms with Crippen LogP contribution in [0.25, 0.3) is 0 Å². The third kappa shape index (κ3) is 10.5. The lowest BCUT2D eigenvalue weighted by Crippen LogP contribution is -2.44. The van der Waals surface area contributed by atoms with Crippen molar-refractivity contribution in [3.63, 3.8) is 0 Å². The highest BCUT2D eigenvalue weighted by Gasteiger charge is 2.42. The average molecular weight is 468 g/mol. The van der Waals surface area contributed by atoms with Gasteiger partial charge in [-0.2, -0.15) is 0 Å². The van der Waals surface area contributed by atoms with Gasteiger partial charge in [0.2, 0.25) is 0 Å². The van der Waals surface area contributed by atoms with Gasteiger partial charge < -0.3 is 28.4 Å². The van der Waals surface area contributed by atoms with Crippen LogP contribution < -0.4 is 0 Å². The summed E-state index contributed by atoms with van der Waals surface area (Å²) >= 11 is 0. The van der Waals surface area contributed by atoms with Crippen LogP contribution in [0.1, 0.15) is 32.8 Å². The average Bonchev–Trinajstić information content (AvgIpc) is 3.21. The molecule has 0 spiro atoms. The number of methoxy groups -OCH3 is 1. The number of benzene rings is 1. The molecule has 1 aromatic rings. The van der Waals surface area contributed by atoms with Crippen molar-refractivity contribution in [1.29, 1.82) is 0 Å². The first-order valence-corrected chi connectivity index (χ1v) is 11.3. The molecule has 1 aromatic carbocycles. The monoisotopic (exact) mass is 467 g/mol. The summed E-state index contributed by atoms with van der Waals surface area (Å²) in [4.78, 5) is 25.9. The predicted octanol–water partition coefficient (Wildman–Crippen LogP) is 2.80. The lowest BCUT2D eigenvalue weighted by atomic mass is 10.2. The summed E-state index contributed by atoms with van der Waals surface area (Å²) in [6.45, 7) is 8.85. The van der Waals surface area contributed by atoms with E-state index in [9.17, 15) is 9.59 Å². The van der Waals surface area contributed by atoms with Gasteiger partial charge in [-0.25, -0.2) is 9.59 Å². The van der Waals surface area contributed by atoms with E-state index < -0.39 is 23.7 Å². The second kappa shape index (κ2) is 14.1. The van der Waals surface area contributed by atoms with Gasteiger partial charge in [0.25, 0.3) is 0 Å². The van der Waals surface area contributed by atoms with Gasteiger partial charge >= 0.3 is 12.1 Å². The normalized spacial score (nSPS) is 18.4. The molecule has 1 heterocycles. The van der Waals surface area contributed by atoms with E-state index in [1.807, 2.05) is 30.3 Å². The van der Waals surface area contributed by atoms with E-state index in [2.05, 4.69) is 0 Å². The molecule has 1 fully saturated rings. The molecule has 9 heteroatoms. The number of hydrogen-bond donors (Lipinski definition) is 0. The molecule has 0 aromatic heterocycles. The fourth-order valence-corrected chi connectivity index (χ4v) is 3.28. The number of rotatable bonds is 13. The number of esters is 1. The van der Waals surface area contributed by atoms with Crippen LogP contribution in [-0.2, 0) is 39.8 Å². The van der Waals surface area contributed by atoms with Crippen LogP contribution in [0.2, 0.25) is 0 Å². The summed E-state index contributed by atoms with van der Waals surface area (Å²) in [5.74, 6) is -0.479. The van der Waals surface area contributed by atoms with E-state index in [1.54, 1.807) is 20.8 Å². The van der Waals surface area contributed by atoms with Crippen LogP contribution in [0.5, 0.6) is 0 Å². The second-order valence-electron chi connectivity index (χ2n) is 8.66. The lowest BCUT2D eigenvalue weighted by Gasteiger charge is -2.27. The zero-order valence-corrected chi connectivity index (χ0v) is 20.1. The largest absolute Gasteiger partial charge is 0.467 e. The van der Waals surface area contributed by atoms with Gasteiger partial charge in [0.1, 0.15) is 11.6 Å². The van der Waals surface area contributed by atoms with Crippen molar-refractivity contribution in [2.75, 3.05) is 53.3 Å². The SMILES string of the molecule is COC(=O)[C@@H]1C[C@H](OCCOCCOCCOCc2ccccc2)CN1C(=O)OC(C)(C)C. The Hall–Kier alpha value is -2.20. The van der Waals surface area contributed by atoms with Gasteiger partial charge in [0, 0.05) is 6.42 Å². The fourth-order valence-electron chi connectivity index (χ4n) is 3.28. The molecule has 0 unspecified atom stereocenters. The Balaban J connectivity index is 1.54. The molecule has 33 heavy (non-hydrogen) atoms. The van der Waals surface area contributed by atoms with Crippen molar-refractivity contribution >= 4 is 12.1 Å². The third-order valence-corrected chi connectivity index (χ3v) is 4.80. The Kier molecular flexibility index (Phi) is 11.6. The summed E-state index contributed by atoms with van der Waals surface area (Å²) in [7, 11) is 1.30. The van der Waals surface area contributed by atoms with E-state index >= 15 is 0 Å². The maximum Gasteiger partial charge on any atom is 0.411 e. The zero-order chi connectivity index (χ0) is 24.1. The van der Waals surface area contributed by atoms with Gasteiger partial charge in [-0.1, -0.05) is 30.3 Å². The van der Waals surface area contributed by atoms with Crippen LogP contribution in [0.15, 0.2) is 30.3 Å². The van der Waals surface area contributed by atoms with Gasteiger partial charge in [-0.3, -0.25) is 4.90 Å². The molecule has 0 radical (unpaired) electrons. The maximum absolute atomic E-state index is 12.4. The Bertz CT molecular complexity index is 706. The van der Waals surface area contributed by atoms with E-state index in [-0.39, 0.29) is 12.6 Å². The minimum Gasteiger partial charge on any atom is -0.467 e. The van der Waals surface area contributed by atoms with Crippen molar-refractivity contribution in [1.82, 2.24) is 4.90 Å². The second-order valence-corrected chi connectivity index (χ2v) is 8.66. The molecule has 1 aliphatic rings. The number of likely N-dealkylation sites (tertiary alicyclic amines) is 1. The number of carbonyl (C=O) groups is 2. The smallest absolute Gasteiger partial charge is 0.411 e. The van der Waals surface area contributed by atoms with Gasteiger partial charge in [-0.15, -0.1) is 0 Å². The number of carbonyl (C=O) groups excluding carboxylic acids is 2. The van der Waals surface area contributed by atoms with Gasteiger partial charge in [0.05, 0.1) is 66.0 Å². The number of amides is 1. The van der Waals surface area contributed by atoms with Crippen molar-refractivity contribution in [3.05, 3.63) is 35.9 Å². The molecule has 2 atom stereocenters. The number of nitrogens with zero attached hydrogens (tertiary/aromatic N) is 1. The molecule has 0 aliphatic carbocycles. The predicted molar refractivity (Wildman–Crippen MR) is 121 cm³/mol. The highest BCUT2D eigenvalue weighted by atomic mass is 16.6. The molecule has 1 saturated heterocycles. The molecular formula is C24H37NO8. The molecular weight excluding hydrogens is 430 g/mol. The van der Waals surface area contributed by atoms with Crippen LogP contribution in [0.3, 0.4) is 0 Å². The topological polar surface area (TPSA) is 92.8 Å². The quantitative estimate of drug-likeness (QED) is 0.323. The lowest BCUT2D eigenvalue weighted by molar-refractivity contribution is -0.145. The Morgan fingerprint density at radius 1 is 0.939 bits per heavy atom. The summed E-state index contributed by atoms with van der Waals surface area (Å²) < 4.78 is 32.6. The zero-order valence-electron chi connectivity index (χ0n) is 20.1. The van der Waals surface area contributed by atoms with Crippen LogP contribution in [0, 0.1) is 0 Å². The molecule has 186 valence electrons. The first kappa shape index (κ1) is 27.0. The molecule has 1 amide bonds. The van der Waals surface area contributed by atoms with Gasteiger partial charge in [-0.05, 0) is 26.3 Å². The standard InChI is InChI=1S/C24H37NO8/c1-24(2,3)33-23(27)25-17-20(16-21(25)22(26)28-4)32-15-14-30-11-10-29-12-13-31-18-19-8-6-5-7-9-19/h5-9,20-21H,10-18H2,1-4H3/t20-,21-/m0/s1. The molecule has 1 aliphatic heterocycles. The van der Waals surface area contributed by atoms with Crippen LogP contribution >= 0.6 is 0 Å². The molecule has 0 saturated carbocycles. The summed E-state index contributed by atoms with van der Waals surface area (Å²) in [6.07, 6.45) is -0.480. The van der Waals surface area contributed by atoms with Crippen molar-refractivity contribution in [2.24, 2.45) is 0 Å². The Morgan fingerprint density at radius 2 is 1.55 bits per heavy atom. The highest BCUT2D eigenvalue weighted by molar-refractivity contribution is 5.82. The third-order valence-electron chi connectivity index (χ3n) is 4.80. The fraction of sp³-hybridized carbons (Fsp3) is 0.667. The minimum absolute atomic E-state index is 0.265. The van der Waals surface area contributed by atoms with E-state index in [0.717, 1.165) is 5.56 Å². The van der Waals surface area contributed by atoms with Crippen LogP contribution in [-0.4, -0.2) is 88.0 Å². The summed E-state index contributed by atoms with van der Waals surface area (Å²) in [6, 6.07) is 9.27. The van der Waals surface area contributed by atoms with Crippen molar-refractivity contribution < 1.29 is 38.0 Å². The molecule has 0 bridgehead atoms. The number of ether oxygens (including phenoxy) is 6. The van der Waals surface area contributed by atoms with Crippen molar-refractivity contribution in [3.8, 4) is 0 Å². The van der Waals surface area contributed by atoms with E-state index in [4.69, 9.17) is 28.4 Å². The van der Waals surface area contributed by atoms with Gasteiger partial charge in [0.15, 0.2) is 0 Å². The first-order chi connectivity index (χ1) is 15.8. The van der Waals surface area contributed by atoms with E-state index in [0.29, 0.717) is 52.7 Å². The molecule has 2 rings (SSSR count). The molecule has 0 N–H and O–H groups in total.